The third kappa shape index (κ3) is 1.60. The molecule has 0 fully saturated rings. The molecule has 1 aromatic rings. The lowest BCUT2D eigenvalue weighted by Gasteiger charge is -2.08. The molecule has 0 spiro atoms. The van der Waals surface area contributed by atoms with E-state index >= 15 is 0 Å². The van der Waals surface area contributed by atoms with Crippen molar-refractivity contribution in [1.82, 2.24) is 4.98 Å². The molecule has 1 heterocycles. The second-order valence-corrected chi connectivity index (χ2v) is 3.10. The molecule has 0 aliphatic rings. The summed E-state index contributed by atoms with van der Waals surface area (Å²) in [7, 11) is 0. The quantitative estimate of drug-likeness (QED) is 0.592. The van der Waals surface area contributed by atoms with Crippen LogP contribution in [0.3, 0.4) is 0 Å². The molecule has 0 saturated heterocycles. The Bertz CT molecular complexity index is 295. The molecule has 1 nitrogen and oxygen atoms in total. The van der Waals surface area contributed by atoms with Crippen molar-refractivity contribution < 1.29 is 8.78 Å². The number of rotatable bonds is 1. The van der Waals surface area contributed by atoms with Crippen molar-refractivity contribution >= 4 is 0 Å². The van der Waals surface area contributed by atoms with Crippen LogP contribution in [-0.2, 0) is 0 Å². The maximum Gasteiger partial charge on any atom is 0.218 e. The highest BCUT2D eigenvalue weighted by Crippen LogP contribution is 2.20. The van der Waals surface area contributed by atoms with Gasteiger partial charge in [-0.3, -0.25) is 0 Å². The summed E-state index contributed by atoms with van der Waals surface area (Å²) in [6.45, 7) is 5.39. The van der Waals surface area contributed by atoms with E-state index in [1.807, 2.05) is 13.8 Å². The van der Waals surface area contributed by atoms with Crippen LogP contribution in [0.2, 0.25) is 0 Å². The van der Waals surface area contributed by atoms with E-state index in [1.54, 1.807) is 6.92 Å². The molecule has 0 aromatic carbocycles. The average Bonchev–Trinajstić information content (AvgIpc) is 1.96. The molecule has 0 atom stereocenters. The standard InChI is InChI=1S/C9H11F2N/c1-5(2)7-4-8(10)12-9(11)6(7)3/h4-5H,1-3H3. The molecule has 0 saturated carbocycles. The number of hydrogen-bond acceptors (Lipinski definition) is 1. The van der Waals surface area contributed by atoms with Gasteiger partial charge in [0.1, 0.15) is 0 Å². The van der Waals surface area contributed by atoms with Gasteiger partial charge in [-0.1, -0.05) is 13.8 Å². The Labute approximate surface area is 70.4 Å². The van der Waals surface area contributed by atoms with Crippen LogP contribution < -0.4 is 0 Å². The molecule has 0 bridgehead atoms. The molecule has 0 N–H and O–H groups in total. The second kappa shape index (κ2) is 3.17. The van der Waals surface area contributed by atoms with Crippen LogP contribution in [0, 0.1) is 18.8 Å². The van der Waals surface area contributed by atoms with Crippen molar-refractivity contribution in [3.63, 3.8) is 0 Å². The van der Waals surface area contributed by atoms with E-state index < -0.39 is 11.9 Å². The summed E-state index contributed by atoms with van der Waals surface area (Å²) in [5.74, 6) is -1.34. The fraction of sp³-hybridized carbons (Fsp3) is 0.444. The first-order chi connectivity index (χ1) is 5.52. The summed E-state index contributed by atoms with van der Waals surface area (Å²) < 4.78 is 25.5. The van der Waals surface area contributed by atoms with Crippen molar-refractivity contribution in [2.75, 3.05) is 0 Å². The van der Waals surface area contributed by atoms with E-state index in [9.17, 15) is 8.78 Å². The Hall–Kier alpha value is -0.990. The number of nitrogens with zero attached hydrogens (tertiary/aromatic N) is 1. The smallest absolute Gasteiger partial charge is 0.190 e. The molecule has 0 aliphatic heterocycles. The lowest BCUT2D eigenvalue weighted by atomic mass is 10.0. The van der Waals surface area contributed by atoms with Crippen molar-refractivity contribution in [1.29, 1.82) is 0 Å². The van der Waals surface area contributed by atoms with Gasteiger partial charge >= 0.3 is 0 Å². The molecular weight excluding hydrogens is 160 g/mol. The van der Waals surface area contributed by atoms with Gasteiger partial charge in [-0.2, -0.15) is 13.8 Å². The fourth-order valence-corrected chi connectivity index (χ4v) is 1.17. The summed E-state index contributed by atoms with van der Waals surface area (Å²) in [6.07, 6.45) is 0. The maximum absolute atomic E-state index is 12.8. The molecule has 0 aliphatic carbocycles. The van der Waals surface area contributed by atoms with Gasteiger partial charge < -0.3 is 0 Å². The third-order valence-electron chi connectivity index (χ3n) is 1.84. The minimum absolute atomic E-state index is 0.122. The monoisotopic (exact) mass is 171 g/mol. The molecule has 0 radical (unpaired) electrons. The largest absolute Gasteiger partial charge is 0.218 e. The Morgan fingerprint density at radius 3 is 2.42 bits per heavy atom. The first kappa shape index (κ1) is 9.10. The fourth-order valence-electron chi connectivity index (χ4n) is 1.17. The SMILES string of the molecule is Cc1c(C(C)C)cc(F)nc1F. The maximum atomic E-state index is 12.8. The molecule has 1 aromatic heterocycles. The normalized spacial score (nSPS) is 10.8. The zero-order valence-electron chi connectivity index (χ0n) is 7.36. The van der Waals surface area contributed by atoms with Crippen molar-refractivity contribution in [2.45, 2.75) is 26.7 Å². The van der Waals surface area contributed by atoms with Crippen LogP contribution in [0.4, 0.5) is 8.78 Å². The third-order valence-corrected chi connectivity index (χ3v) is 1.84. The van der Waals surface area contributed by atoms with Gasteiger partial charge in [0, 0.05) is 5.56 Å². The van der Waals surface area contributed by atoms with E-state index in [-0.39, 0.29) is 5.92 Å². The lowest BCUT2D eigenvalue weighted by molar-refractivity contribution is 0.501. The molecule has 3 heteroatoms. The molecule has 0 amide bonds. The zero-order chi connectivity index (χ0) is 9.30. The van der Waals surface area contributed by atoms with Gasteiger partial charge in [0.25, 0.3) is 0 Å². The van der Waals surface area contributed by atoms with E-state index in [1.165, 1.54) is 6.07 Å². The summed E-state index contributed by atoms with van der Waals surface area (Å²) >= 11 is 0. The highest BCUT2D eigenvalue weighted by Gasteiger charge is 2.10. The summed E-state index contributed by atoms with van der Waals surface area (Å²) in [5, 5.41) is 0. The molecular formula is C9H11F2N. The van der Waals surface area contributed by atoms with E-state index in [0.717, 1.165) is 0 Å². The van der Waals surface area contributed by atoms with Crippen LogP contribution in [0.5, 0.6) is 0 Å². The Morgan fingerprint density at radius 2 is 1.92 bits per heavy atom. The number of pyridine rings is 1. The van der Waals surface area contributed by atoms with Crippen molar-refractivity contribution in [3.05, 3.63) is 29.1 Å². The first-order valence-electron chi connectivity index (χ1n) is 3.85. The van der Waals surface area contributed by atoms with Crippen LogP contribution in [0.1, 0.15) is 30.9 Å². The second-order valence-electron chi connectivity index (χ2n) is 3.10. The first-order valence-corrected chi connectivity index (χ1v) is 3.85. The Kier molecular flexibility index (Phi) is 2.40. The predicted molar refractivity (Wildman–Crippen MR) is 43.0 cm³/mol. The van der Waals surface area contributed by atoms with Gasteiger partial charge in [0.05, 0.1) is 0 Å². The lowest BCUT2D eigenvalue weighted by Crippen LogP contribution is -2.00. The summed E-state index contributed by atoms with van der Waals surface area (Å²) in [6, 6.07) is 1.28. The number of aromatic nitrogens is 1. The number of hydrogen-bond donors (Lipinski definition) is 0. The number of halogens is 2. The Balaban J connectivity index is 3.28. The van der Waals surface area contributed by atoms with Gasteiger partial charge in [0.2, 0.25) is 11.9 Å². The Morgan fingerprint density at radius 1 is 1.33 bits per heavy atom. The summed E-state index contributed by atoms with van der Waals surface area (Å²) in [4.78, 5) is 3.08. The van der Waals surface area contributed by atoms with Gasteiger partial charge in [0.15, 0.2) is 0 Å². The van der Waals surface area contributed by atoms with Crippen molar-refractivity contribution in [3.8, 4) is 0 Å². The van der Waals surface area contributed by atoms with E-state index in [2.05, 4.69) is 4.98 Å². The van der Waals surface area contributed by atoms with E-state index in [4.69, 9.17) is 0 Å². The van der Waals surface area contributed by atoms with E-state index in [0.29, 0.717) is 11.1 Å². The topological polar surface area (TPSA) is 12.9 Å². The predicted octanol–water partition coefficient (Wildman–Crippen LogP) is 2.79. The molecule has 12 heavy (non-hydrogen) atoms. The van der Waals surface area contributed by atoms with Gasteiger partial charge in [-0.05, 0) is 24.5 Å². The minimum atomic E-state index is -0.748. The van der Waals surface area contributed by atoms with Crippen LogP contribution in [0.25, 0.3) is 0 Å². The van der Waals surface area contributed by atoms with Gasteiger partial charge in [-0.15, -0.1) is 0 Å². The average molecular weight is 171 g/mol. The summed E-state index contributed by atoms with van der Waals surface area (Å²) in [5.41, 5.74) is 1.12. The minimum Gasteiger partial charge on any atom is -0.190 e. The highest BCUT2D eigenvalue weighted by atomic mass is 19.1. The zero-order valence-corrected chi connectivity index (χ0v) is 7.36. The molecule has 0 unspecified atom stereocenters. The van der Waals surface area contributed by atoms with Crippen LogP contribution >= 0.6 is 0 Å². The molecule has 66 valence electrons. The van der Waals surface area contributed by atoms with Crippen LogP contribution in [0.15, 0.2) is 6.07 Å². The van der Waals surface area contributed by atoms with Crippen LogP contribution in [-0.4, -0.2) is 4.98 Å². The highest BCUT2D eigenvalue weighted by molar-refractivity contribution is 5.26. The molecule has 1 rings (SSSR count). The van der Waals surface area contributed by atoms with Crippen molar-refractivity contribution in [2.24, 2.45) is 0 Å². The van der Waals surface area contributed by atoms with Gasteiger partial charge in [-0.25, -0.2) is 0 Å².